The number of aliphatic hydroxyl groups is 1. The summed E-state index contributed by atoms with van der Waals surface area (Å²) in [4.78, 5) is 10.4. The minimum absolute atomic E-state index is 0.0325. The van der Waals surface area contributed by atoms with Crippen molar-refractivity contribution in [1.82, 2.24) is 4.31 Å². The highest BCUT2D eigenvalue weighted by atomic mass is 32.2. The third-order valence-corrected chi connectivity index (χ3v) is 4.89. The predicted octanol–water partition coefficient (Wildman–Crippen LogP) is 0.539. The normalized spacial score (nSPS) is 20.1. The molecular weight excluding hydrogens is 287 g/mol. The zero-order valence-corrected chi connectivity index (χ0v) is 11.7. The molecule has 0 bridgehead atoms. The average Bonchev–Trinajstić information content (AvgIpc) is 2.75. The minimum Gasteiger partial charge on any atom is -0.392 e. The summed E-state index contributed by atoms with van der Waals surface area (Å²) in [5, 5.41) is 11.7. The van der Waals surface area contributed by atoms with Gasteiger partial charge in [-0.3, -0.25) is 4.79 Å². The van der Waals surface area contributed by atoms with Crippen LogP contribution in [0.2, 0.25) is 0 Å². The largest absolute Gasteiger partial charge is 0.392 e. The number of nitrogens with one attached hydrogen (secondary N) is 1. The zero-order chi connectivity index (χ0) is 14.9. The van der Waals surface area contributed by atoms with Crippen LogP contribution in [-0.2, 0) is 14.8 Å². The van der Waals surface area contributed by atoms with Crippen LogP contribution < -0.4 is 5.32 Å². The van der Waals surface area contributed by atoms with Crippen LogP contribution >= 0.6 is 0 Å². The Balaban J connectivity index is 2.30. The first-order valence-corrected chi connectivity index (χ1v) is 7.50. The van der Waals surface area contributed by atoms with Crippen molar-refractivity contribution in [1.29, 1.82) is 0 Å². The quantitative estimate of drug-likeness (QED) is 0.853. The molecule has 6 nitrogen and oxygen atoms in total. The van der Waals surface area contributed by atoms with E-state index in [-0.39, 0.29) is 24.7 Å². The molecule has 0 aliphatic carbocycles. The van der Waals surface area contributed by atoms with Crippen LogP contribution in [0.3, 0.4) is 0 Å². The maximum Gasteiger partial charge on any atom is 0.246 e. The standard InChI is InChI=1S/C12H15FN2O4S/c1-8(16)14-9-2-3-12(11(13)6-9)20(18,19)15-5-4-10(17)7-15/h2-3,6,10,17H,4-5,7H2,1H3,(H,14,16)/t10-/m0/s1. The molecule has 1 amide bonds. The Hall–Kier alpha value is -1.51. The lowest BCUT2D eigenvalue weighted by molar-refractivity contribution is -0.114. The van der Waals surface area contributed by atoms with Gasteiger partial charge in [0.1, 0.15) is 10.7 Å². The van der Waals surface area contributed by atoms with Gasteiger partial charge in [0, 0.05) is 25.7 Å². The van der Waals surface area contributed by atoms with Gasteiger partial charge in [0.25, 0.3) is 0 Å². The third kappa shape index (κ3) is 2.97. The molecule has 0 saturated carbocycles. The van der Waals surface area contributed by atoms with Crippen LogP contribution in [0.15, 0.2) is 23.1 Å². The summed E-state index contributed by atoms with van der Waals surface area (Å²) in [5.41, 5.74) is 0.190. The molecule has 0 unspecified atom stereocenters. The topological polar surface area (TPSA) is 86.7 Å². The molecule has 0 radical (unpaired) electrons. The van der Waals surface area contributed by atoms with Crippen molar-refractivity contribution in [3.05, 3.63) is 24.0 Å². The predicted molar refractivity (Wildman–Crippen MR) is 70.1 cm³/mol. The molecule has 1 aliphatic rings. The third-order valence-electron chi connectivity index (χ3n) is 3.00. The molecule has 1 fully saturated rings. The number of hydrogen-bond acceptors (Lipinski definition) is 4. The summed E-state index contributed by atoms with van der Waals surface area (Å²) < 4.78 is 39.4. The molecular formula is C12H15FN2O4S. The summed E-state index contributed by atoms with van der Waals surface area (Å²) in [5.74, 6) is -1.31. The average molecular weight is 302 g/mol. The number of carbonyl (C=O) groups excluding carboxylic acids is 1. The second kappa shape index (κ2) is 5.47. The fourth-order valence-corrected chi connectivity index (χ4v) is 3.60. The van der Waals surface area contributed by atoms with E-state index in [1.165, 1.54) is 13.0 Å². The van der Waals surface area contributed by atoms with E-state index in [9.17, 15) is 22.7 Å². The van der Waals surface area contributed by atoms with E-state index in [4.69, 9.17) is 0 Å². The van der Waals surface area contributed by atoms with Crippen LogP contribution in [0, 0.1) is 5.82 Å². The molecule has 1 heterocycles. The summed E-state index contributed by atoms with van der Waals surface area (Å²) in [6.45, 7) is 1.40. The molecule has 20 heavy (non-hydrogen) atoms. The monoisotopic (exact) mass is 302 g/mol. The highest BCUT2D eigenvalue weighted by Crippen LogP contribution is 2.25. The summed E-state index contributed by atoms with van der Waals surface area (Å²) in [6.07, 6.45) is -0.378. The Morgan fingerprint density at radius 2 is 2.20 bits per heavy atom. The zero-order valence-electron chi connectivity index (χ0n) is 10.8. The number of anilines is 1. The van der Waals surface area contributed by atoms with Gasteiger partial charge in [0.2, 0.25) is 15.9 Å². The first kappa shape index (κ1) is 14.9. The van der Waals surface area contributed by atoms with E-state index in [2.05, 4.69) is 5.32 Å². The molecule has 2 rings (SSSR count). The summed E-state index contributed by atoms with van der Waals surface area (Å²) in [7, 11) is -3.96. The van der Waals surface area contributed by atoms with Gasteiger partial charge in [-0.05, 0) is 24.6 Å². The Labute approximate surface area is 116 Å². The number of carbonyl (C=O) groups is 1. The van der Waals surface area contributed by atoms with Crippen LogP contribution in [0.25, 0.3) is 0 Å². The number of sulfonamides is 1. The summed E-state index contributed by atoms with van der Waals surface area (Å²) in [6, 6.07) is 3.39. The first-order valence-electron chi connectivity index (χ1n) is 6.06. The van der Waals surface area contributed by atoms with Gasteiger partial charge in [-0.15, -0.1) is 0 Å². The highest BCUT2D eigenvalue weighted by Gasteiger charge is 2.33. The van der Waals surface area contributed by atoms with Gasteiger partial charge < -0.3 is 10.4 Å². The number of hydrogen-bond donors (Lipinski definition) is 2. The van der Waals surface area contributed by atoms with E-state index in [1.807, 2.05) is 0 Å². The van der Waals surface area contributed by atoms with Crippen molar-refractivity contribution in [3.8, 4) is 0 Å². The minimum atomic E-state index is -3.96. The van der Waals surface area contributed by atoms with Crippen LogP contribution in [0.1, 0.15) is 13.3 Å². The molecule has 0 spiro atoms. The number of nitrogens with zero attached hydrogens (tertiary/aromatic N) is 1. The maximum atomic E-state index is 13.9. The lowest BCUT2D eigenvalue weighted by atomic mass is 10.3. The Morgan fingerprint density at radius 3 is 2.70 bits per heavy atom. The number of β-amino-alcohol motifs (C(OH)–C–C–N with tert-alkyl or cyclic N) is 1. The highest BCUT2D eigenvalue weighted by molar-refractivity contribution is 7.89. The fraction of sp³-hybridized carbons (Fsp3) is 0.417. The second-order valence-corrected chi connectivity index (χ2v) is 6.54. The van der Waals surface area contributed by atoms with E-state index >= 15 is 0 Å². The smallest absolute Gasteiger partial charge is 0.246 e. The van der Waals surface area contributed by atoms with E-state index in [0.29, 0.717) is 6.42 Å². The van der Waals surface area contributed by atoms with Crippen molar-refractivity contribution >= 4 is 21.6 Å². The molecule has 1 aliphatic heterocycles. The summed E-state index contributed by atoms with van der Waals surface area (Å²) >= 11 is 0. The SMILES string of the molecule is CC(=O)Nc1ccc(S(=O)(=O)N2CC[C@H](O)C2)c(F)c1. The Bertz CT molecular complexity index is 632. The molecule has 110 valence electrons. The number of amides is 1. The van der Waals surface area contributed by atoms with Gasteiger partial charge in [-0.2, -0.15) is 4.31 Å². The molecule has 2 N–H and O–H groups in total. The van der Waals surface area contributed by atoms with Gasteiger partial charge in [0.15, 0.2) is 0 Å². The van der Waals surface area contributed by atoms with Crippen LogP contribution in [0.5, 0.6) is 0 Å². The molecule has 1 aromatic rings. The van der Waals surface area contributed by atoms with Gasteiger partial charge in [-0.1, -0.05) is 0 Å². The molecule has 1 aromatic carbocycles. The van der Waals surface area contributed by atoms with Crippen molar-refractivity contribution in [3.63, 3.8) is 0 Å². The first-order chi connectivity index (χ1) is 9.30. The van der Waals surface area contributed by atoms with Crippen molar-refractivity contribution in [2.75, 3.05) is 18.4 Å². The lowest BCUT2D eigenvalue weighted by Gasteiger charge is -2.16. The Morgan fingerprint density at radius 1 is 1.50 bits per heavy atom. The van der Waals surface area contributed by atoms with Crippen molar-refractivity contribution in [2.24, 2.45) is 0 Å². The molecule has 0 aromatic heterocycles. The molecule has 1 saturated heterocycles. The Kier molecular flexibility index (Phi) is 4.07. The molecule has 1 atom stereocenters. The van der Waals surface area contributed by atoms with Crippen LogP contribution in [0.4, 0.5) is 10.1 Å². The second-order valence-electron chi connectivity index (χ2n) is 4.63. The van der Waals surface area contributed by atoms with Crippen molar-refractivity contribution in [2.45, 2.75) is 24.3 Å². The lowest BCUT2D eigenvalue weighted by Crippen LogP contribution is -2.30. The van der Waals surface area contributed by atoms with Gasteiger partial charge >= 0.3 is 0 Å². The van der Waals surface area contributed by atoms with E-state index in [0.717, 1.165) is 16.4 Å². The van der Waals surface area contributed by atoms with Gasteiger partial charge in [0.05, 0.1) is 6.10 Å². The number of aliphatic hydroxyl groups excluding tert-OH is 1. The number of benzene rings is 1. The maximum absolute atomic E-state index is 13.9. The molecule has 8 heteroatoms. The fourth-order valence-electron chi connectivity index (χ4n) is 2.06. The van der Waals surface area contributed by atoms with E-state index < -0.39 is 26.8 Å². The number of rotatable bonds is 3. The number of halogens is 1. The van der Waals surface area contributed by atoms with E-state index in [1.54, 1.807) is 0 Å². The van der Waals surface area contributed by atoms with Crippen molar-refractivity contribution < 1.29 is 22.7 Å². The van der Waals surface area contributed by atoms with Gasteiger partial charge in [-0.25, -0.2) is 12.8 Å². The van der Waals surface area contributed by atoms with Crippen LogP contribution in [-0.4, -0.2) is 42.9 Å².